The lowest BCUT2D eigenvalue weighted by atomic mass is 10.2. The first-order chi connectivity index (χ1) is 6.42. The molecule has 1 aliphatic heterocycles. The molecular formula is C10H14N2O. The van der Waals surface area contributed by atoms with Gasteiger partial charge < -0.3 is 10.0 Å². The minimum absolute atomic E-state index is 0.245. The smallest absolute Gasteiger partial charge is 0.0635 e. The summed E-state index contributed by atoms with van der Waals surface area (Å²) in [6.07, 6.45) is 5.88. The third-order valence-electron chi connectivity index (χ3n) is 2.57. The zero-order valence-corrected chi connectivity index (χ0v) is 7.56. The van der Waals surface area contributed by atoms with E-state index in [9.17, 15) is 0 Å². The number of aromatic nitrogens is 1. The minimum Gasteiger partial charge on any atom is -0.394 e. The number of hydrogen-bond acceptors (Lipinski definition) is 3. The molecule has 2 heterocycles. The lowest BCUT2D eigenvalue weighted by Gasteiger charge is -2.24. The van der Waals surface area contributed by atoms with E-state index in [1.807, 2.05) is 18.3 Å². The molecule has 2 rings (SSSR count). The zero-order valence-electron chi connectivity index (χ0n) is 7.56. The molecule has 0 amide bonds. The van der Waals surface area contributed by atoms with Crippen molar-refractivity contribution in [3.05, 3.63) is 24.5 Å². The van der Waals surface area contributed by atoms with E-state index in [1.165, 1.54) is 6.42 Å². The van der Waals surface area contributed by atoms with Crippen LogP contribution in [0.25, 0.3) is 0 Å². The molecule has 1 saturated heterocycles. The topological polar surface area (TPSA) is 36.4 Å². The summed E-state index contributed by atoms with van der Waals surface area (Å²) in [6.45, 7) is 1.28. The van der Waals surface area contributed by atoms with E-state index in [0.29, 0.717) is 6.04 Å². The lowest BCUT2D eigenvalue weighted by Crippen LogP contribution is -2.31. The molecule has 1 N–H and O–H groups in total. The van der Waals surface area contributed by atoms with E-state index >= 15 is 0 Å². The van der Waals surface area contributed by atoms with Crippen LogP contribution in [0.4, 0.5) is 5.69 Å². The van der Waals surface area contributed by atoms with Gasteiger partial charge in [-0.05, 0) is 25.0 Å². The molecule has 1 aromatic rings. The molecule has 0 saturated carbocycles. The molecular weight excluding hydrogens is 164 g/mol. The highest BCUT2D eigenvalue weighted by atomic mass is 16.3. The number of aliphatic hydroxyl groups is 1. The van der Waals surface area contributed by atoms with Crippen LogP contribution < -0.4 is 4.90 Å². The highest BCUT2D eigenvalue weighted by molar-refractivity contribution is 5.45. The molecule has 0 radical (unpaired) electrons. The summed E-state index contributed by atoms with van der Waals surface area (Å²) in [5.74, 6) is 0. The predicted octanol–water partition coefficient (Wildman–Crippen LogP) is 1.04. The summed E-state index contributed by atoms with van der Waals surface area (Å²) >= 11 is 0. The molecule has 0 aliphatic carbocycles. The van der Waals surface area contributed by atoms with Crippen molar-refractivity contribution in [3.8, 4) is 0 Å². The molecule has 70 valence electrons. The Hall–Kier alpha value is -1.09. The van der Waals surface area contributed by atoms with Crippen LogP contribution in [0.1, 0.15) is 12.8 Å². The molecule has 1 aliphatic rings. The normalized spacial score (nSPS) is 22.2. The molecule has 1 atom stereocenters. The van der Waals surface area contributed by atoms with Crippen molar-refractivity contribution in [3.63, 3.8) is 0 Å². The molecule has 3 nitrogen and oxygen atoms in total. The van der Waals surface area contributed by atoms with Crippen LogP contribution in [0.2, 0.25) is 0 Å². The van der Waals surface area contributed by atoms with E-state index in [0.717, 1.165) is 18.7 Å². The molecule has 0 unspecified atom stereocenters. The monoisotopic (exact) mass is 178 g/mol. The van der Waals surface area contributed by atoms with Crippen molar-refractivity contribution in [1.82, 2.24) is 4.98 Å². The van der Waals surface area contributed by atoms with Crippen LogP contribution in [-0.4, -0.2) is 29.3 Å². The van der Waals surface area contributed by atoms with Gasteiger partial charge in [-0.15, -0.1) is 0 Å². The quantitative estimate of drug-likeness (QED) is 0.735. The third-order valence-corrected chi connectivity index (χ3v) is 2.57. The first-order valence-corrected chi connectivity index (χ1v) is 4.69. The van der Waals surface area contributed by atoms with Gasteiger partial charge in [-0.1, -0.05) is 0 Å². The Morgan fingerprint density at radius 2 is 2.54 bits per heavy atom. The molecule has 0 spiro atoms. The van der Waals surface area contributed by atoms with E-state index in [1.54, 1.807) is 6.20 Å². The maximum absolute atomic E-state index is 9.14. The summed E-state index contributed by atoms with van der Waals surface area (Å²) in [5, 5.41) is 9.14. The van der Waals surface area contributed by atoms with Crippen LogP contribution >= 0.6 is 0 Å². The summed E-state index contributed by atoms with van der Waals surface area (Å²) in [4.78, 5) is 6.30. The lowest BCUT2D eigenvalue weighted by molar-refractivity contribution is 0.266. The molecule has 3 heteroatoms. The van der Waals surface area contributed by atoms with Gasteiger partial charge in [-0.25, -0.2) is 0 Å². The Morgan fingerprint density at radius 1 is 1.62 bits per heavy atom. The van der Waals surface area contributed by atoms with Crippen molar-refractivity contribution < 1.29 is 5.11 Å². The summed E-state index contributed by atoms with van der Waals surface area (Å²) < 4.78 is 0. The van der Waals surface area contributed by atoms with Gasteiger partial charge in [-0.2, -0.15) is 0 Å². The summed E-state index contributed by atoms with van der Waals surface area (Å²) in [5.41, 5.74) is 1.12. The first-order valence-electron chi connectivity index (χ1n) is 4.69. The number of rotatable bonds is 2. The van der Waals surface area contributed by atoms with Crippen LogP contribution in [-0.2, 0) is 0 Å². The maximum Gasteiger partial charge on any atom is 0.0635 e. The SMILES string of the molecule is OC[C@@H]1CCCN1c1cccnc1. The van der Waals surface area contributed by atoms with Crippen LogP contribution in [0.3, 0.4) is 0 Å². The second-order valence-electron chi connectivity index (χ2n) is 3.38. The second kappa shape index (κ2) is 3.75. The van der Waals surface area contributed by atoms with Crippen LogP contribution in [0, 0.1) is 0 Å². The number of pyridine rings is 1. The standard InChI is InChI=1S/C10H14N2O/c13-8-10-4-2-6-12(10)9-3-1-5-11-7-9/h1,3,5,7,10,13H,2,4,6,8H2/t10-/m0/s1. The average molecular weight is 178 g/mol. The molecule has 0 bridgehead atoms. The Kier molecular flexibility index (Phi) is 2.45. The fourth-order valence-corrected chi connectivity index (χ4v) is 1.89. The average Bonchev–Trinajstić information content (AvgIpc) is 2.67. The fraction of sp³-hybridized carbons (Fsp3) is 0.500. The van der Waals surface area contributed by atoms with Gasteiger partial charge in [0.05, 0.1) is 24.5 Å². The Balaban J connectivity index is 2.16. The van der Waals surface area contributed by atoms with Crippen molar-refractivity contribution in [2.24, 2.45) is 0 Å². The fourth-order valence-electron chi connectivity index (χ4n) is 1.89. The molecule has 1 aromatic heterocycles. The minimum atomic E-state index is 0.245. The van der Waals surface area contributed by atoms with Gasteiger partial charge >= 0.3 is 0 Å². The molecule has 1 fully saturated rings. The second-order valence-corrected chi connectivity index (χ2v) is 3.38. The highest BCUT2D eigenvalue weighted by Gasteiger charge is 2.23. The van der Waals surface area contributed by atoms with E-state index < -0.39 is 0 Å². The largest absolute Gasteiger partial charge is 0.394 e. The number of aliphatic hydroxyl groups excluding tert-OH is 1. The van der Waals surface area contributed by atoms with Gasteiger partial charge in [0, 0.05) is 12.7 Å². The van der Waals surface area contributed by atoms with Gasteiger partial charge in [-0.3, -0.25) is 4.98 Å². The van der Waals surface area contributed by atoms with Crippen molar-refractivity contribution >= 4 is 5.69 Å². The van der Waals surface area contributed by atoms with Gasteiger partial charge in [0.1, 0.15) is 0 Å². The van der Waals surface area contributed by atoms with E-state index in [2.05, 4.69) is 9.88 Å². The van der Waals surface area contributed by atoms with Gasteiger partial charge in [0.2, 0.25) is 0 Å². The van der Waals surface area contributed by atoms with Crippen LogP contribution in [0.15, 0.2) is 24.5 Å². The van der Waals surface area contributed by atoms with E-state index in [4.69, 9.17) is 5.11 Å². The molecule has 13 heavy (non-hydrogen) atoms. The van der Waals surface area contributed by atoms with Crippen molar-refractivity contribution in [2.45, 2.75) is 18.9 Å². The Labute approximate surface area is 78.0 Å². The van der Waals surface area contributed by atoms with Crippen molar-refractivity contribution in [1.29, 1.82) is 0 Å². The zero-order chi connectivity index (χ0) is 9.10. The Morgan fingerprint density at radius 3 is 3.23 bits per heavy atom. The summed E-state index contributed by atoms with van der Waals surface area (Å²) in [6, 6.07) is 4.27. The third kappa shape index (κ3) is 1.65. The molecule has 0 aromatic carbocycles. The number of hydrogen-bond donors (Lipinski definition) is 1. The number of anilines is 1. The number of nitrogens with zero attached hydrogens (tertiary/aromatic N) is 2. The van der Waals surface area contributed by atoms with Gasteiger partial charge in [0.25, 0.3) is 0 Å². The Bertz CT molecular complexity index is 263. The maximum atomic E-state index is 9.14. The van der Waals surface area contributed by atoms with Crippen molar-refractivity contribution in [2.75, 3.05) is 18.1 Å². The summed E-state index contributed by atoms with van der Waals surface area (Å²) in [7, 11) is 0. The first kappa shape index (κ1) is 8.51. The van der Waals surface area contributed by atoms with Crippen LogP contribution in [0.5, 0.6) is 0 Å². The van der Waals surface area contributed by atoms with Gasteiger partial charge in [0.15, 0.2) is 0 Å². The highest BCUT2D eigenvalue weighted by Crippen LogP contribution is 2.23. The van der Waals surface area contributed by atoms with E-state index in [-0.39, 0.29) is 6.61 Å². The predicted molar refractivity (Wildman–Crippen MR) is 51.7 cm³/mol.